The Morgan fingerprint density at radius 3 is 2.19 bits per heavy atom. The van der Waals surface area contributed by atoms with Gasteiger partial charge in [0.2, 0.25) is 0 Å². The maximum absolute atomic E-state index is 5.40. The van der Waals surface area contributed by atoms with Crippen LogP contribution in [0.4, 0.5) is 0 Å². The summed E-state index contributed by atoms with van der Waals surface area (Å²) in [6.45, 7) is 7.80. The molecule has 0 radical (unpaired) electrons. The normalized spacial score (nSPS) is 15.6. The number of hydrogen-bond donors (Lipinski definition) is 2. The lowest BCUT2D eigenvalue weighted by atomic mass is 9.76. The van der Waals surface area contributed by atoms with Crippen molar-refractivity contribution in [3.63, 3.8) is 0 Å². The predicted octanol–water partition coefficient (Wildman–Crippen LogP) is 5.87. The molecule has 27 heavy (non-hydrogen) atoms. The van der Waals surface area contributed by atoms with E-state index in [9.17, 15) is 0 Å². The van der Waals surface area contributed by atoms with Crippen LogP contribution < -0.4 is 11.3 Å². The van der Waals surface area contributed by atoms with Gasteiger partial charge in [-0.05, 0) is 65.0 Å². The number of aryl methyl sites for hydroxylation is 1. The first-order chi connectivity index (χ1) is 13.0. The summed E-state index contributed by atoms with van der Waals surface area (Å²) >= 11 is 2.01. The number of hydrogen-bond acceptors (Lipinski definition) is 3. The second-order valence-corrected chi connectivity index (χ2v) is 9.56. The summed E-state index contributed by atoms with van der Waals surface area (Å²) in [5.74, 6) is 5.40. The van der Waals surface area contributed by atoms with Crippen molar-refractivity contribution in [2.45, 2.75) is 46.6 Å². The van der Waals surface area contributed by atoms with Crippen molar-refractivity contribution in [2.75, 3.05) is 0 Å². The summed E-state index contributed by atoms with van der Waals surface area (Å²) in [6, 6.07) is 17.6. The second kappa shape index (κ2) is 7.23. The van der Waals surface area contributed by atoms with Crippen molar-refractivity contribution in [3.05, 3.63) is 70.1 Å². The molecule has 0 bridgehead atoms. The molecule has 1 aromatic heterocycles. The van der Waals surface area contributed by atoms with Gasteiger partial charge in [-0.1, -0.05) is 62.4 Å². The summed E-state index contributed by atoms with van der Waals surface area (Å²) in [5, 5.41) is 0. The molecule has 0 unspecified atom stereocenters. The average molecular weight is 377 g/mol. The minimum Gasteiger partial charge on any atom is -0.271 e. The third-order valence-electron chi connectivity index (χ3n) is 5.78. The summed E-state index contributed by atoms with van der Waals surface area (Å²) in [6.07, 6.45) is 3.75. The molecule has 3 N–H and O–H groups in total. The van der Waals surface area contributed by atoms with Crippen LogP contribution in [0.5, 0.6) is 0 Å². The fourth-order valence-corrected chi connectivity index (χ4v) is 5.41. The first kappa shape index (κ1) is 18.4. The third kappa shape index (κ3) is 3.73. The smallest absolute Gasteiger partial charge is 0.0377 e. The van der Waals surface area contributed by atoms with E-state index in [0.717, 1.165) is 0 Å². The topological polar surface area (TPSA) is 38.0 Å². The summed E-state index contributed by atoms with van der Waals surface area (Å²) in [5.41, 5.74) is 11.3. The zero-order valence-electron chi connectivity index (χ0n) is 16.4. The zero-order valence-corrected chi connectivity index (χ0v) is 17.2. The third-order valence-corrected chi connectivity index (χ3v) is 7.22. The van der Waals surface area contributed by atoms with Crippen molar-refractivity contribution in [3.8, 4) is 21.6 Å². The molecule has 2 aromatic carbocycles. The number of nitrogens with two attached hydrogens (primary N) is 1. The summed E-state index contributed by atoms with van der Waals surface area (Å²) in [4.78, 5) is 3.06. The Labute approximate surface area is 166 Å². The fourth-order valence-electron chi connectivity index (χ4n) is 4.08. The number of nitrogens with one attached hydrogen (secondary N) is 1. The highest BCUT2D eigenvalue weighted by atomic mass is 32.1. The molecule has 0 spiro atoms. The first-order valence-electron chi connectivity index (χ1n) is 9.71. The van der Waals surface area contributed by atoms with Gasteiger partial charge in [0.15, 0.2) is 0 Å². The van der Waals surface area contributed by atoms with Crippen LogP contribution in [0.1, 0.15) is 41.8 Å². The standard InChI is InChI=1S/C24H28N2S/c1-16-21-14-24(2,3)13-12-22(21)27-23(16)20-10-8-19(9-11-20)18-6-4-17(5-7-18)15-26-25/h4-11,26H,12-15,25H2,1-3H3. The van der Waals surface area contributed by atoms with Crippen molar-refractivity contribution in [1.82, 2.24) is 5.43 Å². The molecular weight excluding hydrogens is 348 g/mol. The van der Waals surface area contributed by atoms with Gasteiger partial charge in [0, 0.05) is 16.3 Å². The number of fused-ring (bicyclic) bond motifs is 1. The Morgan fingerprint density at radius 1 is 0.963 bits per heavy atom. The lowest BCUT2D eigenvalue weighted by molar-refractivity contribution is 0.317. The van der Waals surface area contributed by atoms with Crippen molar-refractivity contribution in [2.24, 2.45) is 11.3 Å². The van der Waals surface area contributed by atoms with Gasteiger partial charge in [-0.25, -0.2) is 0 Å². The van der Waals surface area contributed by atoms with Crippen LogP contribution in [0.2, 0.25) is 0 Å². The van der Waals surface area contributed by atoms with Gasteiger partial charge in [0.25, 0.3) is 0 Å². The van der Waals surface area contributed by atoms with Crippen LogP contribution in [-0.2, 0) is 19.4 Å². The number of hydrazine groups is 1. The van der Waals surface area contributed by atoms with Gasteiger partial charge in [0.05, 0.1) is 0 Å². The second-order valence-electron chi connectivity index (χ2n) is 8.45. The molecule has 3 heteroatoms. The molecule has 3 aromatic rings. The van der Waals surface area contributed by atoms with Gasteiger partial charge in [0.1, 0.15) is 0 Å². The van der Waals surface area contributed by atoms with E-state index in [2.05, 4.69) is 74.7 Å². The molecule has 2 nitrogen and oxygen atoms in total. The molecule has 4 rings (SSSR count). The van der Waals surface area contributed by atoms with Crippen LogP contribution >= 0.6 is 11.3 Å². The Balaban J connectivity index is 1.61. The Morgan fingerprint density at radius 2 is 1.56 bits per heavy atom. The van der Waals surface area contributed by atoms with E-state index in [1.807, 2.05) is 11.3 Å². The van der Waals surface area contributed by atoms with Gasteiger partial charge in [-0.15, -0.1) is 11.3 Å². The van der Waals surface area contributed by atoms with Gasteiger partial charge in [-0.2, -0.15) is 0 Å². The number of benzene rings is 2. The maximum Gasteiger partial charge on any atom is 0.0377 e. The van der Waals surface area contributed by atoms with Crippen molar-refractivity contribution in [1.29, 1.82) is 0 Å². The number of rotatable bonds is 4. The highest BCUT2D eigenvalue weighted by molar-refractivity contribution is 7.15. The molecular formula is C24H28N2S. The Hall–Kier alpha value is -1.94. The largest absolute Gasteiger partial charge is 0.271 e. The molecule has 0 amide bonds. The molecule has 0 aliphatic heterocycles. The van der Waals surface area contributed by atoms with Crippen LogP contribution in [0.25, 0.3) is 21.6 Å². The Bertz CT molecular complexity index is 934. The van der Waals surface area contributed by atoms with E-state index < -0.39 is 0 Å². The molecule has 0 saturated carbocycles. The zero-order chi connectivity index (χ0) is 19.0. The molecule has 140 valence electrons. The van der Waals surface area contributed by atoms with Crippen LogP contribution in [-0.4, -0.2) is 0 Å². The van der Waals surface area contributed by atoms with E-state index >= 15 is 0 Å². The number of thiophene rings is 1. The fraction of sp³-hybridized carbons (Fsp3) is 0.333. The summed E-state index contributed by atoms with van der Waals surface area (Å²) in [7, 11) is 0. The van der Waals surface area contributed by atoms with Gasteiger partial charge in [-0.3, -0.25) is 11.3 Å². The molecule has 1 heterocycles. The first-order valence-corrected chi connectivity index (χ1v) is 10.5. The van der Waals surface area contributed by atoms with E-state index in [0.29, 0.717) is 12.0 Å². The van der Waals surface area contributed by atoms with Crippen LogP contribution in [0.3, 0.4) is 0 Å². The van der Waals surface area contributed by atoms with E-state index in [-0.39, 0.29) is 0 Å². The van der Waals surface area contributed by atoms with E-state index in [1.54, 1.807) is 10.4 Å². The Kier molecular flexibility index (Phi) is 4.94. The summed E-state index contributed by atoms with van der Waals surface area (Å²) < 4.78 is 0. The van der Waals surface area contributed by atoms with Crippen LogP contribution in [0, 0.1) is 12.3 Å². The molecule has 0 fully saturated rings. The van der Waals surface area contributed by atoms with Gasteiger partial charge < -0.3 is 0 Å². The highest BCUT2D eigenvalue weighted by Crippen LogP contribution is 2.44. The van der Waals surface area contributed by atoms with Crippen molar-refractivity contribution >= 4 is 11.3 Å². The minimum atomic E-state index is 0.436. The van der Waals surface area contributed by atoms with E-state index in [4.69, 9.17) is 5.84 Å². The maximum atomic E-state index is 5.40. The average Bonchev–Trinajstić information content (AvgIpc) is 2.98. The molecule has 0 saturated heterocycles. The molecule has 1 aliphatic carbocycles. The van der Waals surface area contributed by atoms with Crippen molar-refractivity contribution < 1.29 is 0 Å². The monoisotopic (exact) mass is 376 g/mol. The SMILES string of the molecule is Cc1c(-c2ccc(-c3ccc(CNN)cc3)cc2)sc2c1CC(C)(C)CC2. The lowest BCUT2D eigenvalue weighted by Gasteiger charge is -2.29. The lowest BCUT2D eigenvalue weighted by Crippen LogP contribution is -2.21. The van der Waals surface area contributed by atoms with Gasteiger partial charge >= 0.3 is 0 Å². The van der Waals surface area contributed by atoms with E-state index in [1.165, 1.54) is 52.0 Å². The van der Waals surface area contributed by atoms with Crippen LogP contribution in [0.15, 0.2) is 48.5 Å². The molecule has 0 atom stereocenters. The minimum absolute atomic E-state index is 0.436. The molecule has 1 aliphatic rings. The highest BCUT2D eigenvalue weighted by Gasteiger charge is 2.29. The quantitative estimate of drug-likeness (QED) is 0.441. The predicted molar refractivity (Wildman–Crippen MR) is 117 cm³/mol.